The zero-order valence-corrected chi connectivity index (χ0v) is 16.8. The Bertz CT molecular complexity index is 601. The Kier molecular flexibility index (Phi) is 6.57. The summed E-state index contributed by atoms with van der Waals surface area (Å²) in [6.07, 6.45) is 8.14. The third-order valence-electron chi connectivity index (χ3n) is 5.98. The van der Waals surface area contributed by atoms with Gasteiger partial charge in [-0.15, -0.1) is 11.3 Å². The number of guanidine groups is 1. The molecule has 1 saturated heterocycles. The fourth-order valence-electron chi connectivity index (χ4n) is 4.39. The first-order chi connectivity index (χ1) is 12.7. The average molecular weight is 378 g/mol. The number of thiophene rings is 1. The number of piperidine rings is 1. The Morgan fingerprint density at radius 1 is 1.35 bits per heavy atom. The number of aliphatic imine (C=N–C) groups is 1. The van der Waals surface area contributed by atoms with Crippen molar-refractivity contribution >= 4 is 23.3 Å². The lowest BCUT2D eigenvalue weighted by Crippen LogP contribution is -2.50. The third-order valence-corrected chi connectivity index (χ3v) is 7.10. The van der Waals surface area contributed by atoms with E-state index in [2.05, 4.69) is 32.7 Å². The molecule has 144 valence electrons. The van der Waals surface area contributed by atoms with Gasteiger partial charge in [0.15, 0.2) is 5.96 Å². The molecule has 5 nitrogen and oxygen atoms in total. The Labute approximate surface area is 160 Å². The molecule has 3 rings (SSSR count). The Morgan fingerprint density at radius 2 is 2.08 bits per heavy atom. The van der Waals surface area contributed by atoms with Gasteiger partial charge >= 0.3 is 5.97 Å². The summed E-state index contributed by atoms with van der Waals surface area (Å²) in [4.78, 5) is 20.0. The summed E-state index contributed by atoms with van der Waals surface area (Å²) in [6, 6.07) is 4.46. The minimum atomic E-state index is -0.0774. The molecule has 2 aliphatic rings. The zero-order chi connectivity index (χ0) is 18.4. The SMILES string of the molecule is CN=C(NCC1(c2cccs2)CCCCC1)N1CCC(C(=O)OC)CC1. The summed E-state index contributed by atoms with van der Waals surface area (Å²) in [7, 11) is 3.33. The highest BCUT2D eigenvalue weighted by Gasteiger charge is 2.35. The van der Waals surface area contributed by atoms with Crippen molar-refractivity contribution in [2.24, 2.45) is 10.9 Å². The summed E-state index contributed by atoms with van der Waals surface area (Å²) in [5, 5.41) is 5.85. The number of esters is 1. The van der Waals surface area contributed by atoms with E-state index in [1.165, 1.54) is 44.1 Å². The number of rotatable bonds is 4. The number of nitrogens with one attached hydrogen (secondary N) is 1. The summed E-state index contributed by atoms with van der Waals surface area (Å²) in [6.45, 7) is 2.65. The topological polar surface area (TPSA) is 53.9 Å². The van der Waals surface area contributed by atoms with Crippen LogP contribution in [0.15, 0.2) is 22.5 Å². The predicted molar refractivity (Wildman–Crippen MR) is 107 cm³/mol. The monoisotopic (exact) mass is 377 g/mol. The van der Waals surface area contributed by atoms with Crippen LogP contribution in [0.5, 0.6) is 0 Å². The van der Waals surface area contributed by atoms with Crippen LogP contribution in [0.1, 0.15) is 49.8 Å². The maximum Gasteiger partial charge on any atom is 0.308 e. The van der Waals surface area contributed by atoms with Crippen molar-refractivity contribution in [2.75, 3.05) is 33.8 Å². The largest absolute Gasteiger partial charge is 0.469 e. The van der Waals surface area contributed by atoms with Gasteiger partial charge in [0.2, 0.25) is 0 Å². The normalized spacial score (nSPS) is 21.5. The first-order valence-electron chi connectivity index (χ1n) is 9.76. The molecule has 1 aliphatic carbocycles. The van der Waals surface area contributed by atoms with Crippen molar-refractivity contribution < 1.29 is 9.53 Å². The molecule has 0 unspecified atom stereocenters. The van der Waals surface area contributed by atoms with Crippen LogP contribution >= 0.6 is 11.3 Å². The van der Waals surface area contributed by atoms with E-state index in [4.69, 9.17) is 4.74 Å². The molecule has 2 fully saturated rings. The second-order valence-corrected chi connectivity index (χ2v) is 8.45. The van der Waals surface area contributed by atoms with Crippen molar-refractivity contribution in [2.45, 2.75) is 50.4 Å². The highest BCUT2D eigenvalue weighted by molar-refractivity contribution is 7.10. The van der Waals surface area contributed by atoms with Crippen LogP contribution in [-0.2, 0) is 14.9 Å². The van der Waals surface area contributed by atoms with Gasteiger partial charge in [-0.1, -0.05) is 25.3 Å². The second-order valence-electron chi connectivity index (χ2n) is 7.50. The number of ether oxygens (including phenoxy) is 1. The van der Waals surface area contributed by atoms with E-state index >= 15 is 0 Å². The molecule has 1 aromatic heterocycles. The fraction of sp³-hybridized carbons (Fsp3) is 0.700. The molecule has 0 aromatic carbocycles. The van der Waals surface area contributed by atoms with Crippen LogP contribution in [0, 0.1) is 5.92 Å². The van der Waals surface area contributed by atoms with E-state index in [1.54, 1.807) is 0 Å². The lowest BCUT2D eigenvalue weighted by Gasteiger charge is -2.39. The number of carbonyl (C=O) groups excluding carboxylic acids is 1. The van der Waals surface area contributed by atoms with Crippen molar-refractivity contribution in [3.63, 3.8) is 0 Å². The molecule has 6 heteroatoms. The molecular formula is C20H31N3O2S. The highest BCUT2D eigenvalue weighted by atomic mass is 32.1. The number of hydrogen-bond acceptors (Lipinski definition) is 4. The smallest absolute Gasteiger partial charge is 0.308 e. The number of methoxy groups -OCH3 is 1. The molecule has 0 amide bonds. The van der Waals surface area contributed by atoms with Gasteiger partial charge in [-0.25, -0.2) is 0 Å². The van der Waals surface area contributed by atoms with Gasteiger partial charge in [0.05, 0.1) is 13.0 Å². The van der Waals surface area contributed by atoms with Crippen molar-refractivity contribution in [1.29, 1.82) is 0 Å². The van der Waals surface area contributed by atoms with E-state index in [0.29, 0.717) is 0 Å². The number of likely N-dealkylation sites (tertiary alicyclic amines) is 1. The molecule has 0 spiro atoms. The van der Waals surface area contributed by atoms with Crippen LogP contribution in [-0.4, -0.2) is 50.6 Å². The minimum Gasteiger partial charge on any atom is -0.469 e. The van der Waals surface area contributed by atoms with Gasteiger partial charge in [0.1, 0.15) is 0 Å². The Hall–Kier alpha value is -1.56. The summed E-state index contributed by atoms with van der Waals surface area (Å²) in [5.41, 5.74) is 0.243. The van der Waals surface area contributed by atoms with Crippen molar-refractivity contribution in [3.05, 3.63) is 22.4 Å². The maximum absolute atomic E-state index is 11.7. The van der Waals surface area contributed by atoms with E-state index in [1.807, 2.05) is 18.4 Å². The molecule has 1 N–H and O–H groups in total. The molecule has 1 aromatic rings. The quantitative estimate of drug-likeness (QED) is 0.496. The van der Waals surface area contributed by atoms with Gasteiger partial charge < -0.3 is 15.0 Å². The standard InChI is InChI=1S/C20H31N3O2S/c1-21-19(23-12-8-16(9-13-23)18(24)25-2)22-15-20(10-4-3-5-11-20)17-7-6-14-26-17/h6-7,14,16H,3-5,8-13,15H2,1-2H3,(H,21,22). The molecule has 0 atom stereocenters. The molecule has 2 heterocycles. The molecule has 26 heavy (non-hydrogen) atoms. The molecular weight excluding hydrogens is 346 g/mol. The summed E-state index contributed by atoms with van der Waals surface area (Å²) >= 11 is 1.88. The summed E-state index contributed by atoms with van der Waals surface area (Å²) in [5.74, 6) is 0.923. The minimum absolute atomic E-state index is 0.0326. The molecule has 0 bridgehead atoms. The Morgan fingerprint density at radius 3 is 2.65 bits per heavy atom. The number of carbonyl (C=O) groups is 1. The Balaban J connectivity index is 1.61. The molecule has 1 aliphatic heterocycles. The van der Waals surface area contributed by atoms with Gasteiger partial charge in [-0.2, -0.15) is 0 Å². The van der Waals surface area contributed by atoms with Crippen molar-refractivity contribution in [3.8, 4) is 0 Å². The number of hydrogen-bond donors (Lipinski definition) is 1. The number of nitrogens with zero attached hydrogens (tertiary/aromatic N) is 2. The van der Waals surface area contributed by atoms with Crippen LogP contribution in [0.25, 0.3) is 0 Å². The van der Waals surface area contributed by atoms with Crippen LogP contribution in [0.2, 0.25) is 0 Å². The van der Waals surface area contributed by atoms with Gasteiger partial charge in [0, 0.05) is 37.0 Å². The lowest BCUT2D eigenvalue weighted by molar-refractivity contribution is -0.146. The zero-order valence-electron chi connectivity index (χ0n) is 16.0. The first-order valence-corrected chi connectivity index (χ1v) is 10.6. The maximum atomic E-state index is 11.7. The highest BCUT2D eigenvalue weighted by Crippen LogP contribution is 2.41. The predicted octanol–water partition coefficient (Wildman–Crippen LogP) is 3.41. The van der Waals surface area contributed by atoms with Gasteiger partial charge in [-0.3, -0.25) is 9.79 Å². The summed E-state index contributed by atoms with van der Waals surface area (Å²) < 4.78 is 4.89. The first kappa shape index (κ1) is 19.2. The van der Waals surface area contributed by atoms with Crippen molar-refractivity contribution in [1.82, 2.24) is 10.2 Å². The van der Waals surface area contributed by atoms with Crippen LogP contribution in [0.3, 0.4) is 0 Å². The van der Waals surface area contributed by atoms with Gasteiger partial charge in [0.25, 0.3) is 0 Å². The van der Waals surface area contributed by atoms with Gasteiger partial charge in [-0.05, 0) is 37.1 Å². The lowest BCUT2D eigenvalue weighted by atomic mass is 9.73. The second kappa shape index (κ2) is 8.89. The van der Waals surface area contributed by atoms with Crippen LogP contribution in [0.4, 0.5) is 0 Å². The average Bonchev–Trinajstić information content (AvgIpc) is 3.24. The van der Waals surface area contributed by atoms with E-state index < -0.39 is 0 Å². The molecule has 1 saturated carbocycles. The third kappa shape index (κ3) is 4.22. The fourth-order valence-corrected chi connectivity index (χ4v) is 5.38. The van der Waals surface area contributed by atoms with Crippen LogP contribution < -0.4 is 5.32 Å². The van der Waals surface area contributed by atoms with E-state index in [0.717, 1.165) is 38.4 Å². The van der Waals surface area contributed by atoms with E-state index in [9.17, 15) is 4.79 Å². The molecule has 0 radical (unpaired) electrons. The van der Waals surface area contributed by atoms with E-state index in [-0.39, 0.29) is 17.3 Å².